The number of carbonyl (C=O) groups excluding carboxylic acids is 1. The van der Waals surface area contributed by atoms with Gasteiger partial charge in [0.05, 0.1) is 33.1 Å². The van der Waals surface area contributed by atoms with Crippen molar-refractivity contribution in [1.82, 2.24) is 5.01 Å². The number of benzene rings is 2. The Labute approximate surface area is 166 Å². The fraction of sp³-hybridized carbons (Fsp3) is 0.300. The lowest BCUT2D eigenvalue weighted by molar-refractivity contribution is -0.130. The van der Waals surface area contributed by atoms with E-state index < -0.39 is 0 Å². The summed E-state index contributed by atoms with van der Waals surface area (Å²) >= 11 is 3.44. The quantitative estimate of drug-likeness (QED) is 0.710. The van der Waals surface area contributed by atoms with Gasteiger partial charge < -0.3 is 14.2 Å². The fourth-order valence-electron chi connectivity index (χ4n) is 3.17. The van der Waals surface area contributed by atoms with Crippen LogP contribution in [0.2, 0.25) is 0 Å². The lowest BCUT2D eigenvalue weighted by atomic mass is 9.97. The normalized spacial score (nSPS) is 16.1. The molecule has 27 heavy (non-hydrogen) atoms. The van der Waals surface area contributed by atoms with E-state index in [1.165, 1.54) is 11.9 Å². The van der Waals surface area contributed by atoms with Gasteiger partial charge in [0.25, 0.3) is 0 Å². The molecule has 2 aromatic carbocycles. The van der Waals surface area contributed by atoms with Gasteiger partial charge in [0, 0.05) is 17.8 Å². The summed E-state index contributed by atoms with van der Waals surface area (Å²) < 4.78 is 17.3. The van der Waals surface area contributed by atoms with Crippen molar-refractivity contribution in [2.75, 3.05) is 21.3 Å². The van der Waals surface area contributed by atoms with E-state index in [9.17, 15) is 4.79 Å². The molecule has 0 saturated heterocycles. The number of ether oxygens (including phenoxy) is 3. The number of rotatable bonds is 5. The van der Waals surface area contributed by atoms with Crippen LogP contribution in [0.1, 0.15) is 30.5 Å². The Morgan fingerprint density at radius 1 is 1.07 bits per heavy atom. The summed E-state index contributed by atoms with van der Waals surface area (Å²) in [5.41, 5.74) is 2.71. The first-order chi connectivity index (χ1) is 13.0. The van der Waals surface area contributed by atoms with Crippen molar-refractivity contribution in [2.45, 2.75) is 19.4 Å². The number of nitrogens with zero attached hydrogens (tertiary/aromatic N) is 2. The van der Waals surface area contributed by atoms with Crippen LogP contribution in [0, 0.1) is 0 Å². The molecule has 1 aliphatic heterocycles. The Balaban J connectivity index is 2.01. The maximum Gasteiger partial charge on any atom is 0.240 e. The highest BCUT2D eigenvalue weighted by molar-refractivity contribution is 9.10. The van der Waals surface area contributed by atoms with Crippen molar-refractivity contribution in [2.24, 2.45) is 5.10 Å². The van der Waals surface area contributed by atoms with Crippen molar-refractivity contribution >= 4 is 27.5 Å². The third-order valence-electron chi connectivity index (χ3n) is 4.48. The van der Waals surface area contributed by atoms with Crippen LogP contribution in [-0.2, 0) is 4.79 Å². The van der Waals surface area contributed by atoms with Gasteiger partial charge >= 0.3 is 0 Å². The van der Waals surface area contributed by atoms with E-state index in [2.05, 4.69) is 21.0 Å². The summed E-state index contributed by atoms with van der Waals surface area (Å²) in [6.07, 6.45) is 0.597. The molecule has 142 valence electrons. The second kappa shape index (κ2) is 8.00. The Morgan fingerprint density at radius 2 is 1.67 bits per heavy atom. The third-order valence-corrected chi connectivity index (χ3v) is 5.01. The first-order valence-electron chi connectivity index (χ1n) is 8.41. The van der Waals surface area contributed by atoms with Crippen molar-refractivity contribution in [3.63, 3.8) is 0 Å². The number of methoxy groups -OCH3 is 3. The van der Waals surface area contributed by atoms with Gasteiger partial charge in [-0.25, -0.2) is 5.01 Å². The first kappa shape index (κ1) is 19.2. The van der Waals surface area contributed by atoms with E-state index in [4.69, 9.17) is 14.2 Å². The Bertz CT molecular complexity index is 855. The first-order valence-corrected chi connectivity index (χ1v) is 9.21. The van der Waals surface area contributed by atoms with E-state index in [0.717, 1.165) is 21.3 Å². The standard InChI is InChI=1S/C20H21BrN2O4/c1-12(24)23-17(11-16(22-23)13-5-7-15(21)8-6-13)14-9-18(25-2)20(27-4)19(10-14)26-3/h5-10,17H,11H2,1-4H3. The maximum absolute atomic E-state index is 12.2. The average Bonchev–Trinajstić information content (AvgIpc) is 3.13. The van der Waals surface area contributed by atoms with Crippen LogP contribution < -0.4 is 14.2 Å². The maximum atomic E-state index is 12.2. The monoisotopic (exact) mass is 432 g/mol. The van der Waals surface area contributed by atoms with Crippen LogP contribution in [-0.4, -0.2) is 38.0 Å². The summed E-state index contributed by atoms with van der Waals surface area (Å²) in [4.78, 5) is 12.2. The van der Waals surface area contributed by atoms with Gasteiger partial charge in [-0.05, 0) is 35.4 Å². The summed E-state index contributed by atoms with van der Waals surface area (Å²) in [5.74, 6) is 1.49. The van der Waals surface area contributed by atoms with Gasteiger partial charge in [-0.2, -0.15) is 5.10 Å². The van der Waals surface area contributed by atoms with E-state index >= 15 is 0 Å². The number of hydrogen-bond acceptors (Lipinski definition) is 5. The molecule has 0 saturated carbocycles. The molecule has 0 spiro atoms. The van der Waals surface area contributed by atoms with Crippen LogP contribution in [0.25, 0.3) is 0 Å². The SMILES string of the molecule is COc1cc(C2CC(c3ccc(Br)cc3)=NN2C(C)=O)cc(OC)c1OC. The molecular weight excluding hydrogens is 412 g/mol. The highest BCUT2D eigenvalue weighted by atomic mass is 79.9. The lowest BCUT2D eigenvalue weighted by Crippen LogP contribution is -2.24. The molecule has 0 fully saturated rings. The molecule has 0 bridgehead atoms. The van der Waals surface area contributed by atoms with Gasteiger partial charge in [-0.3, -0.25) is 4.79 Å². The van der Waals surface area contributed by atoms with E-state index in [0.29, 0.717) is 23.7 Å². The smallest absolute Gasteiger partial charge is 0.240 e. The van der Waals surface area contributed by atoms with Crippen LogP contribution in [0.5, 0.6) is 17.2 Å². The Kier molecular flexibility index (Phi) is 5.70. The minimum absolute atomic E-state index is 0.124. The van der Waals surface area contributed by atoms with Gasteiger partial charge in [-0.1, -0.05) is 28.1 Å². The number of hydrogen-bond donors (Lipinski definition) is 0. The second-order valence-electron chi connectivity index (χ2n) is 6.10. The summed E-state index contributed by atoms with van der Waals surface area (Å²) in [6.45, 7) is 1.51. The molecule has 0 radical (unpaired) electrons. The van der Waals surface area contributed by atoms with Crippen molar-refractivity contribution < 1.29 is 19.0 Å². The van der Waals surface area contributed by atoms with Gasteiger partial charge in [0.1, 0.15) is 0 Å². The number of amides is 1. The van der Waals surface area contributed by atoms with Crippen molar-refractivity contribution in [3.8, 4) is 17.2 Å². The molecule has 7 heteroatoms. The highest BCUT2D eigenvalue weighted by Gasteiger charge is 2.32. The number of hydrazone groups is 1. The molecule has 0 N–H and O–H groups in total. The minimum atomic E-state index is -0.241. The van der Waals surface area contributed by atoms with Crippen LogP contribution in [0.4, 0.5) is 0 Å². The summed E-state index contributed by atoms with van der Waals surface area (Å²) in [6, 6.07) is 11.4. The molecule has 2 aromatic rings. The molecule has 1 unspecified atom stereocenters. The molecule has 1 heterocycles. The van der Waals surface area contributed by atoms with Gasteiger partial charge in [0.2, 0.25) is 11.7 Å². The van der Waals surface area contributed by atoms with E-state index in [-0.39, 0.29) is 11.9 Å². The molecule has 1 atom stereocenters. The summed E-state index contributed by atoms with van der Waals surface area (Å²) in [7, 11) is 4.71. The molecule has 1 aliphatic rings. The van der Waals surface area contributed by atoms with Gasteiger partial charge in [0.15, 0.2) is 11.5 Å². The Hall–Kier alpha value is -2.54. The minimum Gasteiger partial charge on any atom is -0.493 e. The Morgan fingerprint density at radius 3 is 2.15 bits per heavy atom. The third kappa shape index (κ3) is 3.78. The molecule has 0 aliphatic carbocycles. The van der Waals surface area contributed by atoms with Crippen LogP contribution in [0.15, 0.2) is 46.0 Å². The molecular formula is C20H21BrN2O4. The predicted octanol–water partition coefficient (Wildman–Crippen LogP) is 4.17. The van der Waals surface area contributed by atoms with Crippen LogP contribution >= 0.6 is 15.9 Å². The molecule has 1 amide bonds. The zero-order valence-corrected chi connectivity index (χ0v) is 17.2. The van der Waals surface area contributed by atoms with E-state index in [1.54, 1.807) is 21.3 Å². The average molecular weight is 433 g/mol. The summed E-state index contributed by atoms with van der Waals surface area (Å²) in [5, 5.41) is 6.08. The second-order valence-corrected chi connectivity index (χ2v) is 7.01. The molecule has 6 nitrogen and oxygen atoms in total. The predicted molar refractivity (Wildman–Crippen MR) is 107 cm³/mol. The van der Waals surface area contributed by atoms with Crippen molar-refractivity contribution in [1.29, 1.82) is 0 Å². The molecule has 0 aromatic heterocycles. The number of halogens is 1. The zero-order valence-electron chi connectivity index (χ0n) is 15.7. The fourth-order valence-corrected chi connectivity index (χ4v) is 3.44. The lowest BCUT2D eigenvalue weighted by Gasteiger charge is -2.22. The van der Waals surface area contributed by atoms with E-state index in [1.807, 2.05) is 36.4 Å². The zero-order chi connectivity index (χ0) is 19.6. The number of carbonyl (C=O) groups is 1. The highest BCUT2D eigenvalue weighted by Crippen LogP contribution is 2.43. The largest absolute Gasteiger partial charge is 0.493 e. The molecule has 3 rings (SSSR count). The van der Waals surface area contributed by atoms with Crippen LogP contribution in [0.3, 0.4) is 0 Å². The van der Waals surface area contributed by atoms with Gasteiger partial charge in [-0.15, -0.1) is 0 Å². The van der Waals surface area contributed by atoms with Crippen molar-refractivity contribution in [3.05, 3.63) is 52.0 Å². The topological polar surface area (TPSA) is 60.4 Å².